The van der Waals surface area contributed by atoms with Crippen molar-refractivity contribution in [3.05, 3.63) is 47.7 Å². The Morgan fingerprint density at radius 3 is 2.58 bits per heavy atom. The highest BCUT2D eigenvalue weighted by Gasteiger charge is 2.43. The Balaban J connectivity index is 1.21. The van der Waals surface area contributed by atoms with Crippen molar-refractivity contribution in [3.8, 4) is 0 Å². The van der Waals surface area contributed by atoms with Crippen LogP contribution in [0.4, 0.5) is 27.8 Å². The third kappa shape index (κ3) is 3.79. The van der Waals surface area contributed by atoms with Crippen LogP contribution in [0, 0.1) is 31.5 Å². The predicted octanol–water partition coefficient (Wildman–Crippen LogP) is 3.69. The number of rotatable bonds is 4. The number of benzene rings is 1. The fourth-order valence-electron chi connectivity index (χ4n) is 5.75. The van der Waals surface area contributed by atoms with Crippen LogP contribution in [0.15, 0.2) is 30.6 Å². The normalized spacial score (nSPS) is 24.2. The van der Waals surface area contributed by atoms with Crippen molar-refractivity contribution >= 4 is 23.4 Å². The molecular weight excluding hydrogens is 419 g/mol. The van der Waals surface area contributed by atoms with Crippen molar-refractivity contribution in [1.82, 2.24) is 24.7 Å². The van der Waals surface area contributed by atoms with E-state index in [1.807, 2.05) is 24.6 Å². The summed E-state index contributed by atoms with van der Waals surface area (Å²) < 4.78 is 16.0. The Kier molecular flexibility index (Phi) is 4.92. The molecule has 0 amide bonds. The van der Waals surface area contributed by atoms with Gasteiger partial charge in [-0.25, -0.2) is 19.0 Å². The molecule has 1 saturated heterocycles. The maximum atomic E-state index is 14.0. The smallest absolute Gasteiger partial charge is 0.244 e. The summed E-state index contributed by atoms with van der Waals surface area (Å²) >= 11 is 0. The van der Waals surface area contributed by atoms with E-state index < -0.39 is 0 Å². The summed E-state index contributed by atoms with van der Waals surface area (Å²) in [7, 11) is 0. The third-order valence-corrected chi connectivity index (χ3v) is 7.23. The van der Waals surface area contributed by atoms with E-state index in [1.54, 1.807) is 18.5 Å². The summed E-state index contributed by atoms with van der Waals surface area (Å²) in [6.45, 7) is 7.52. The monoisotopic (exact) mass is 448 g/mol. The molecule has 1 saturated carbocycles. The van der Waals surface area contributed by atoms with Gasteiger partial charge in [-0.05, 0) is 68.7 Å². The molecule has 1 N–H and O–H groups in total. The van der Waals surface area contributed by atoms with Gasteiger partial charge in [-0.3, -0.25) is 0 Å². The van der Waals surface area contributed by atoms with E-state index in [9.17, 15) is 4.39 Å². The Bertz CT molecular complexity index is 1140. The largest absolute Gasteiger partial charge is 0.356 e. The highest BCUT2D eigenvalue weighted by Crippen LogP contribution is 2.40. The number of aromatic nitrogens is 5. The number of anilines is 4. The molecule has 1 aromatic carbocycles. The molecule has 8 nitrogen and oxygen atoms in total. The topological polar surface area (TPSA) is 75.0 Å². The molecule has 3 aromatic rings. The molecule has 33 heavy (non-hydrogen) atoms. The minimum absolute atomic E-state index is 0.220. The van der Waals surface area contributed by atoms with Gasteiger partial charge in [-0.15, -0.1) is 5.10 Å². The van der Waals surface area contributed by atoms with E-state index in [-0.39, 0.29) is 5.82 Å². The van der Waals surface area contributed by atoms with Gasteiger partial charge in [0.05, 0.1) is 0 Å². The lowest BCUT2D eigenvalue weighted by Crippen LogP contribution is -2.48. The summed E-state index contributed by atoms with van der Waals surface area (Å²) in [5.41, 5.74) is 2.74. The molecule has 1 aliphatic carbocycles. The molecule has 2 aliphatic heterocycles. The number of nitrogens with one attached hydrogen (secondary N) is 1. The zero-order chi connectivity index (χ0) is 22.5. The summed E-state index contributed by atoms with van der Waals surface area (Å²) in [5, 5.41) is 8.45. The van der Waals surface area contributed by atoms with Crippen LogP contribution in [0.5, 0.6) is 0 Å². The SMILES string of the molecule is Cc1cc(F)cc(N2CCCn3nc(NC4C5CCC4CN(c4cc(C)ncn4)C5)nc32)c1. The summed E-state index contributed by atoms with van der Waals surface area (Å²) in [6, 6.07) is 7.57. The van der Waals surface area contributed by atoms with Crippen LogP contribution in [-0.2, 0) is 6.54 Å². The second-order valence-electron chi connectivity index (χ2n) is 9.64. The minimum atomic E-state index is -0.220. The van der Waals surface area contributed by atoms with Gasteiger partial charge in [-0.1, -0.05) is 0 Å². The minimum Gasteiger partial charge on any atom is -0.356 e. The molecule has 0 spiro atoms. The molecule has 172 valence electrons. The first-order valence-corrected chi connectivity index (χ1v) is 11.8. The molecule has 2 atom stereocenters. The average molecular weight is 449 g/mol. The Hall–Kier alpha value is -3.23. The summed E-state index contributed by atoms with van der Waals surface area (Å²) in [4.78, 5) is 18.1. The molecule has 0 radical (unpaired) electrons. The Morgan fingerprint density at radius 1 is 1.00 bits per heavy atom. The molecule has 3 aliphatic rings. The number of hydrogen-bond acceptors (Lipinski definition) is 7. The Labute approximate surface area is 192 Å². The maximum Gasteiger partial charge on any atom is 0.244 e. The molecule has 2 bridgehead atoms. The number of piperidine rings is 1. The van der Waals surface area contributed by atoms with Gasteiger partial charge in [0.25, 0.3) is 0 Å². The van der Waals surface area contributed by atoms with E-state index in [4.69, 9.17) is 10.1 Å². The van der Waals surface area contributed by atoms with Gasteiger partial charge in [0.2, 0.25) is 11.9 Å². The van der Waals surface area contributed by atoms with Crippen LogP contribution in [0.1, 0.15) is 30.5 Å². The highest BCUT2D eigenvalue weighted by atomic mass is 19.1. The molecule has 2 aromatic heterocycles. The lowest BCUT2D eigenvalue weighted by Gasteiger charge is -2.38. The summed E-state index contributed by atoms with van der Waals surface area (Å²) in [6.07, 6.45) is 5.01. The van der Waals surface area contributed by atoms with Crippen molar-refractivity contribution in [3.63, 3.8) is 0 Å². The van der Waals surface area contributed by atoms with E-state index >= 15 is 0 Å². The van der Waals surface area contributed by atoms with Crippen LogP contribution >= 0.6 is 0 Å². The van der Waals surface area contributed by atoms with Crippen LogP contribution in [0.25, 0.3) is 0 Å². The van der Waals surface area contributed by atoms with Crippen molar-refractivity contribution in [2.75, 3.05) is 34.8 Å². The zero-order valence-corrected chi connectivity index (χ0v) is 19.1. The second kappa shape index (κ2) is 7.97. The highest BCUT2D eigenvalue weighted by molar-refractivity contribution is 5.60. The quantitative estimate of drug-likeness (QED) is 0.652. The van der Waals surface area contributed by atoms with Crippen molar-refractivity contribution in [2.24, 2.45) is 11.8 Å². The van der Waals surface area contributed by atoms with Crippen LogP contribution in [-0.4, -0.2) is 50.4 Å². The maximum absolute atomic E-state index is 14.0. The van der Waals surface area contributed by atoms with Gasteiger partial charge in [0.15, 0.2) is 0 Å². The van der Waals surface area contributed by atoms with Crippen LogP contribution in [0.3, 0.4) is 0 Å². The molecule has 6 rings (SSSR count). The molecule has 2 unspecified atom stereocenters. The first kappa shape index (κ1) is 20.4. The molecular formula is C24H29FN8. The van der Waals surface area contributed by atoms with E-state index in [0.29, 0.717) is 23.8 Å². The van der Waals surface area contributed by atoms with Gasteiger partial charge >= 0.3 is 0 Å². The van der Waals surface area contributed by atoms with Crippen LogP contribution < -0.4 is 15.1 Å². The zero-order valence-electron chi connectivity index (χ0n) is 19.1. The predicted molar refractivity (Wildman–Crippen MR) is 125 cm³/mol. The van der Waals surface area contributed by atoms with Crippen molar-refractivity contribution in [1.29, 1.82) is 0 Å². The van der Waals surface area contributed by atoms with Gasteiger partial charge in [-0.2, -0.15) is 4.98 Å². The van der Waals surface area contributed by atoms with Crippen LogP contribution in [0.2, 0.25) is 0 Å². The number of fused-ring (bicyclic) bond motifs is 3. The number of aryl methyl sites for hydroxylation is 3. The standard InChI is InChI=1S/C24H29FN8/c1-15-8-19(25)11-20(9-15)32-6-3-7-33-24(32)29-23(30-33)28-22-17-4-5-18(22)13-31(12-17)21-10-16(2)26-14-27-21/h8-11,14,17-18,22H,3-7,12-13H2,1-2H3,(H,28,30). The lowest BCUT2D eigenvalue weighted by molar-refractivity contribution is 0.374. The van der Waals surface area contributed by atoms with Gasteiger partial charge in [0.1, 0.15) is 18.0 Å². The average Bonchev–Trinajstić information content (AvgIpc) is 3.29. The number of nitrogens with zero attached hydrogens (tertiary/aromatic N) is 7. The van der Waals surface area contributed by atoms with Crippen molar-refractivity contribution < 1.29 is 4.39 Å². The first-order chi connectivity index (χ1) is 16.0. The first-order valence-electron chi connectivity index (χ1n) is 11.8. The van der Waals surface area contributed by atoms with Crippen molar-refractivity contribution in [2.45, 2.75) is 45.7 Å². The molecule has 9 heteroatoms. The fraction of sp³-hybridized carbons (Fsp3) is 0.500. The van der Waals surface area contributed by atoms with E-state index in [2.05, 4.69) is 31.2 Å². The fourth-order valence-corrected chi connectivity index (χ4v) is 5.75. The summed E-state index contributed by atoms with van der Waals surface area (Å²) in [5.74, 6) is 3.33. The Morgan fingerprint density at radius 2 is 1.82 bits per heavy atom. The number of hydrogen-bond donors (Lipinski definition) is 1. The second-order valence-corrected chi connectivity index (χ2v) is 9.64. The lowest BCUT2D eigenvalue weighted by atomic mass is 9.92. The van der Waals surface area contributed by atoms with Gasteiger partial charge < -0.3 is 15.1 Å². The molecule has 4 heterocycles. The molecule has 2 fully saturated rings. The van der Waals surface area contributed by atoms with E-state index in [0.717, 1.165) is 61.3 Å². The third-order valence-electron chi connectivity index (χ3n) is 7.23. The number of halogens is 1. The van der Waals surface area contributed by atoms with E-state index in [1.165, 1.54) is 12.8 Å². The van der Waals surface area contributed by atoms with Gasteiger partial charge in [0, 0.05) is 49.7 Å².